The maximum atomic E-state index is 12.2. The summed E-state index contributed by atoms with van der Waals surface area (Å²) >= 11 is 0. The minimum atomic E-state index is -0.532. The van der Waals surface area contributed by atoms with Gasteiger partial charge in [-0.25, -0.2) is 0 Å². The Morgan fingerprint density at radius 1 is 1.27 bits per heavy atom. The van der Waals surface area contributed by atoms with Gasteiger partial charge in [0.15, 0.2) is 0 Å². The molecule has 1 amide bonds. The van der Waals surface area contributed by atoms with E-state index in [-0.39, 0.29) is 17.7 Å². The number of rotatable bonds is 3. The number of likely N-dealkylation sites (tertiary alicyclic amines) is 1. The molecule has 22 heavy (non-hydrogen) atoms. The number of ether oxygens (including phenoxy) is 1. The van der Waals surface area contributed by atoms with Crippen molar-refractivity contribution in [2.45, 2.75) is 19.4 Å². The minimum Gasteiger partial charge on any atom is -0.444 e. The molecule has 0 atom stereocenters. The summed E-state index contributed by atoms with van der Waals surface area (Å²) in [6.45, 7) is 4.20. The Balaban J connectivity index is 1.60. The molecular weight excluding hydrogens is 290 g/mol. The Bertz CT molecular complexity index is 567. The highest BCUT2D eigenvalue weighted by atomic mass is 16.6. The van der Waals surface area contributed by atoms with Gasteiger partial charge in [-0.3, -0.25) is 14.3 Å². The Morgan fingerprint density at radius 2 is 2.05 bits per heavy atom. The van der Waals surface area contributed by atoms with E-state index >= 15 is 0 Å². The lowest BCUT2D eigenvalue weighted by Crippen LogP contribution is -2.42. The number of amides is 1. The highest BCUT2D eigenvalue weighted by Gasteiger charge is 2.25. The van der Waals surface area contributed by atoms with Gasteiger partial charge in [-0.05, 0) is 17.8 Å². The third-order valence-electron chi connectivity index (χ3n) is 4.03. The second-order valence-corrected chi connectivity index (χ2v) is 5.54. The molecular formula is C13H19N5O4. The fraction of sp³-hybridized carbons (Fsp3) is 0.692. The van der Waals surface area contributed by atoms with Crippen LogP contribution in [0.15, 0.2) is 6.20 Å². The van der Waals surface area contributed by atoms with Gasteiger partial charge >= 0.3 is 11.8 Å². The van der Waals surface area contributed by atoms with Crippen LogP contribution in [-0.2, 0) is 11.3 Å². The molecule has 120 valence electrons. The predicted molar refractivity (Wildman–Crippen MR) is 76.6 cm³/mol. The van der Waals surface area contributed by atoms with Crippen molar-refractivity contribution in [3.63, 3.8) is 0 Å². The van der Waals surface area contributed by atoms with Crippen LogP contribution >= 0.6 is 0 Å². The summed E-state index contributed by atoms with van der Waals surface area (Å²) in [5.41, 5.74) is 0. The predicted octanol–water partition coefficient (Wildman–Crippen LogP) is 0.108. The van der Waals surface area contributed by atoms with Gasteiger partial charge in [0, 0.05) is 37.7 Å². The summed E-state index contributed by atoms with van der Waals surface area (Å²) in [5, 5.41) is 10.8. The zero-order valence-electron chi connectivity index (χ0n) is 12.3. The van der Waals surface area contributed by atoms with Crippen molar-refractivity contribution in [3.05, 3.63) is 16.3 Å². The van der Waals surface area contributed by atoms with E-state index in [0.29, 0.717) is 32.8 Å². The van der Waals surface area contributed by atoms with Gasteiger partial charge < -0.3 is 19.8 Å². The summed E-state index contributed by atoms with van der Waals surface area (Å²) in [5.74, 6) is -0.0634. The monoisotopic (exact) mass is 309 g/mol. The number of carbonyl (C=O) groups is 1. The molecule has 2 aliphatic rings. The number of aromatic nitrogens is 2. The van der Waals surface area contributed by atoms with Crippen LogP contribution in [0.4, 0.5) is 5.82 Å². The van der Waals surface area contributed by atoms with Crippen molar-refractivity contribution in [2.24, 2.45) is 0 Å². The molecule has 9 nitrogen and oxygen atoms in total. The lowest BCUT2D eigenvalue weighted by molar-refractivity contribution is -0.389. The normalized spacial score (nSPS) is 19.2. The van der Waals surface area contributed by atoms with E-state index in [2.05, 4.69) is 4.98 Å². The zero-order valence-corrected chi connectivity index (χ0v) is 12.3. The Kier molecular flexibility index (Phi) is 4.23. The van der Waals surface area contributed by atoms with Gasteiger partial charge in [0.2, 0.25) is 5.91 Å². The molecule has 0 saturated carbocycles. The van der Waals surface area contributed by atoms with Crippen molar-refractivity contribution in [1.29, 1.82) is 0 Å². The van der Waals surface area contributed by atoms with Gasteiger partial charge in [0.1, 0.15) is 12.8 Å². The fourth-order valence-electron chi connectivity index (χ4n) is 2.79. The van der Waals surface area contributed by atoms with E-state index in [1.54, 1.807) is 4.57 Å². The molecule has 3 rings (SSSR count). The molecule has 3 heterocycles. The standard InChI is InChI=1S/C13H19N5O4/c19-12(16-3-1-2-4-16)10-15-5-6-17-9-11(18(20)21)14-13(17)22-8-7-15/h9H,1-8,10H2. The van der Waals surface area contributed by atoms with Crippen LogP contribution in [0, 0.1) is 10.1 Å². The molecule has 1 aromatic heterocycles. The van der Waals surface area contributed by atoms with E-state index < -0.39 is 4.92 Å². The molecule has 0 spiro atoms. The summed E-state index contributed by atoms with van der Waals surface area (Å²) in [6, 6.07) is 0.275. The number of imidazole rings is 1. The molecule has 2 aliphatic heterocycles. The topological polar surface area (TPSA) is 93.7 Å². The van der Waals surface area contributed by atoms with Crippen LogP contribution in [0.1, 0.15) is 12.8 Å². The Labute approximate surface area is 127 Å². The number of nitrogens with zero attached hydrogens (tertiary/aromatic N) is 5. The van der Waals surface area contributed by atoms with Crippen LogP contribution < -0.4 is 4.74 Å². The van der Waals surface area contributed by atoms with Crippen LogP contribution in [0.2, 0.25) is 0 Å². The van der Waals surface area contributed by atoms with Crippen molar-refractivity contribution in [2.75, 3.05) is 39.3 Å². The van der Waals surface area contributed by atoms with Crippen LogP contribution in [-0.4, -0.2) is 69.5 Å². The van der Waals surface area contributed by atoms with Crippen LogP contribution in [0.25, 0.3) is 0 Å². The average Bonchev–Trinajstić information content (AvgIpc) is 3.11. The summed E-state index contributed by atoms with van der Waals surface area (Å²) < 4.78 is 7.11. The smallest absolute Gasteiger partial charge is 0.414 e. The maximum absolute atomic E-state index is 12.2. The lowest BCUT2D eigenvalue weighted by atomic mass is 10.4. The second kappa shape index (κ2) is 6.30. The van der Waals surface area contributed by atoms with Crippen LogP contribution in [0.3, 0.4) is 0 Å². The maximum Gasteiger partial charge on any atom is 0.414 e. The quantitative estimate of drug-likeness (QED) is 0.581. The van der Waals surface area contributed by atoms with E-state index in [0.717, 1.165) is 25.9 Å². The molecule has 1 fully saturated rings. The number of hydrogen-bond donors (Lipinski definition) is 0. The largest absolute Gasteiger partial charge is 0.444 e. The molecule has 0 aliphatic carbocycles. The molecule has 0 bridgehead atoms. The zero-order chi connectivity index (χ0) is 15.5. The van der Waals surface area contributed by atoms with Crippen molar-refractivity contribution in [1.82, 2.24) is 19.4 Å². The number of carbonyl (C=O) groups excluding carboxylic acids is 1. The van der Waals surface area contributed by atoms with E-state index in [9.17, 15) is 14.9 Å². The first-order valence-corrected chi connectivity index (χ1v) is 7.48. The Hall–Kier alpha value is -2.16. The first kappa shape index (κ1) is 14.8. The van der Waals surface area contributed by atoms with E-state index in [4.69, 9.17) is 4.74 Å². The van der Waals surface area contributed by atoms with Gasteiger partial charge in [-0.1, -0.05) is 0 Å². The summed E-state index contributed by atoms with van der Waals surface area (Å²) in [6.07, 6.45) is 3.54. The van der Waals surface area contributed by atoms with E-state index in [1.165, 1.54) is 6.20 Å². The molecule has 0 radical (unpaired) electrons. The molecule has 9 heteroatoms. The number of fused-ring (bicyclic) bond motifs is 1. The fourth-order valence-corrected chi connectivity index (χ4v) is 2.79. The molecule has 1 aromatic rings. The van der Waals surface area contributed by atoms with E-state index in [1.807, 2.05) is 9.80 Å². The summed E-state index contributed by atoms with van der Waals surface area (Å²) in [4.78, 5) is 30.2. The molecule has 0 aromatic carbocycles. The molecule has 0 unspecified atom stereocenters. The third kappa shape index (κ3) is 3.19. The SMILES string of the molecule is O=C(CN1CCOc2nc([N+](=O)[O-])cn2CC1)N1CCCC1. The Morgan fingerprint density at radius 3 is 2.77 bits per heavy atom. The van der Waals surface area contributed by atoms with Crippen LogP contribution in [0.5, 0.6) is 6.01 Å². The van der Waals surface area contributed by atoms with Gasteiger partial charge in [0.25, 0.3) is 0 Å². The average molecular weight is 309 g/mol. The van der Waals surface area contributed by atoms with Crippen molar-refractivity contribution in [3.8, 4) is 6.01 Å². The van der Waals surface area contributed by atoms with Crippen molar-refractivity contribution < 1.29 is 14.5 Å². The minimum absolute atomic E-state index is 0.148. The van der Waals surface area contributed by atoms with Gasteiger partial charge in [0.05, 0.1) is 6.54 Å². The molecule has 0 N–H and O–H groups in total. The van der Waals surface area contributed by atoms with Crippen molar-refractivity contribution >= 4 is 11.7 Å². The van der Waals surface area contributed by atoms with Gasteiger partial charge in [-0.15, -0.1) is 0 Å². The number of hydrogen-bond acceptors (Lipinski definition) is 6. The first-order chi connectivity index (χ1) is 10.6. The lowest BCUT2D eigenvalue weighted by Gasteiger charge is -2.26. The highest BCUT2D eigenvalue weighted by molar-refractivity contribution is 5.78. The molecule has 1 saturated heterocycles. The second-order valence-electron chi connectivity index (χ2n) is 5.54. The highest BCUT2D eigenvalue weighted by Crippen LogP contribution is 2.19. The first-order valence-electron chi connectivity index (χ1n) is 7.48. The third-order valence-corrected chi connectivity index (χ3v) is 4.03. The summed E-state index contributed by atoms with van der Waals surface area (Å²) in [7, 11) is 0. The number of nitro groups is 1. The van der Waals surface area contributed by atoms with Gasteiger partial charge in [-0.2, -0.15) is 0 Å².